The lowest BCUT2D eigenvalue weighted by atomic mass is 9.90. The molecule has 0 amide bonds. The SMILES string of the molecule is C=C(C(C)=O)[C@@H](C)[C@@H]1O[C@@H]2OC[C@H](C)[C@@H]2[C@@H](C)O1. The molecule has 0 radical (unpaired) electrons. The van der Waals surface area contributed by atoms with Gasteiger partial charge in [0.15, 0.2) is 18.4 Å². The van der Waals surface area contributed by atoms with Crippen LogP contribution in [0.25, 0.3) is 0 Å². The molecule has 2 fully saturated rings. The van der Waals surface area contributed by atoms with Crippen LogP contribution in [0.3, 0.4) is 0 Å². The van der Waals surface area contributed by atoms with Gasteiger partial charge in [0.05, 0.1) is 12.7 Å². The number of hydrogen-bond donors (Lipinski definition) is 0. The van der Waals surface area contributed by atoms with Gasteiger partial charge in [-0.3, -0.25) is 4.79 Å². The third-order valence-electron chi connectivity index (χ3n) is 4.06. The van der Waals surface area contributed by atoms with E-state index in [1.807, 2.05) is 13.8 Å². The summed E-state index contributed by atoms with van der Waals surface area (Å²) in [6.45, 7) is 12.1. The Morgan fingerprint density at radius 1 is 1.33 bits per heavy atom. The minimum Gasteiger partial charge on any atom is -0.352 e. The van der Waals surface area contributed by atoms with E-state index in [4.69, 9.17) is 14.2 Å². The van der Waals surface area contributed by atoms with Gasteiger partial charge >= 0.3 is 0 Å². The molecule has 0 aromatic heterocycles. The molecule has 2 aliphatic heterocycles. The summed E-state index contributed by atoms with van der Waals surface area (Å²) in [5.41, 5.74) is 0.539. The number of ether oxygens (including phenoxy) is 3. The van der Waals surface area contributed by atoms with Crippen LogP contribution >= 0.6 is 0 Å². The van der Waals surface area contributed by atoms with Crippen molar-refractivity contribution < 1.29 is 19.0 Å². The highest BCUT2D eigenvalue weighted by molar-refractivity contribution is 5.93. The van der Waals surface area contributed by atoms with Gasteiger partial charge in [0.2, 0.25) is 0 Å². The summed E-state index contributed by atoms with van der Waals surface area (Å²) in [4.78, 5) is 11.3. The zero-order chi connectivity index (χ0) is 13.4. The summed E-state index contributed by atoms with van der Waals surface area (Å²) < 4.78 is 17.4. The molecule has 0 N–H and O–H groups in total. The fourth-order valence-corrected chi connectivity index (χ4v) is 2.74. The third-order valence-corrected chi connectivity index (χ3v) is 4.06. The normalized spacial score (nSPS) is 41.2. The van der Waals surface area contributed by atoms with Crippen molar-refractivity contribution in [1.29, 1.82) is 0 Å². The van der Waals surface area contributed by atoms with Gasteiger partial charge < -0.3 is 14.2 Å². The Hall–Kier alpha value is -0.710. The van der Waals surface area contributed by atoms with E-state index in [1.54, 1.807) is 0 Å². The monoisotopic (exact) mass is 254 g/mol. The van der Waals surface area contributed by atoms with E-state index in [1.165, 1.54) is 6.92 Å². The maximum absolute atomic E-state index is 11.3. The summed E-state index contributed by atoms with van der Waals surface area (Å²) in [5.74, 6) is 0.548. The molecule has 0 unspecified atom stereocenters. The predicted molar refractivity (Wildman–Crippen MR) is 66.8 cm³/mol. The van der Waals surface area contributed by atoms with Gasteiger partial charge in [0.1, 0.15) is 0 Å². The summed E-state index contributed by atoms with van der Waals surface area (Å²) in [7, 11) is 0. The van der Waals surface area contributed by atoms with Crippen LogP contribution in [0.5, 0.6) is 0 Å². The minimum absolute atomic E-state index is 0.0230. The van der Waals surface area contributed by atoms with Crippen LogP contribution in [0.2, 0.25) is 0 Å². The van der Waals surface area contributed by atoms with Crippen LogP contribution < -0.4 is 0 Å². The zero-order valence-corrected chi connectivity index (χ0v) is 11.5. The Balaban J connectivity index is 2.05. The van der Waals surface area contributed by atoms with E-state index < -0.39 is 6.29 Å². The van der Waals surface area contributed by atoms with Crippen LogP contribution in [-0.2, 0) is 19.0 Å². The average molecular weight is 254 g/mol. The van der Waals surface area contributed by atoms with E-state index >= 15 is 0 Å². The van der Waals surface area contributed by atoms with E-state index in [2.05, 4.69) is 13.5 Å². The molecule has 2 rings (SSSR count). The highest BCUT2D eigenvalue weighted by Crippen LogP contribution is 2.39. The van der Waals surface area contributed by atoms with E-state index in [-0.39, 0.29) is 30.0 Å². The molecule has 0 aromatic carbocycles. The fourth-order valence-electron chi connectivity index (χ4n) is 2.74. The molecule has 0 bridgehead atoms. The summed E-state index contributed by atoms with van der Waals surface area (Å²) in [5, 5.41) is 0. The van der Waals surface area contributed by atoms with Crippen molar-refractivity contribution in [3.8, 4) is 0 Å². The van der Waals surface area contributed by atoms with E-state index in [0.29, 0.717) is 18.1 Å². The predicted octanol–water partition coefficient (Wildman–Crippen LogP) is 2.14. The largest absolute Gasteiger partial charge is 0.352 e. The van der Waals surface area contributed by atoms with Gasteiger partial charge in [0, 0.05) is 11.8 Å². The van der Waals surface area contributed by atoms with Gasteiger partial charge in [-0.1, -0.05) is 20.4 Å². The smallest absolute Gasteiger partial charge is 0.167 e. The molecule has 4 nitrogen and oxygen atoms in total. The Labute approximate surface area is 108 Å². The Morgan fingerprint density at radius 3 is 2.61 bits per heavy atom. The van der Waals surface area contributed by atoms with Crippen molar-refractivity contribution in [1.82, 2.24) is 0 Å². The zero-order valence-electron chi connectivity index (χ0n) is 11.5. The lowest BCUT2D eigenvalue weighted by molar-refractivity contribution is -0.318. The molecule has 0 spiro atoms. The van der Waals surface area contributed by atoms with Crippen molar-refractivity contribution in [2.45, 2.75) is 46.4 Å². The first-order valence-corrected chi connectivity index (χ1v) is 6.54. The first-order chi connectivity index (χ1) is 8.41. The molecule has 0 saturated carbocycles. The number of rotatable bonds is 3. The highest BCUT2D eigenvalue weighted by Gasteiger charge is 2.46. The first kappa shape index (κ1) is 13.7. The van der Waals surface area contributed by atoms with E-state index in [0.717, 1.165) is 0 Å². The second-order valence-electron chi connectivity index (χ2n) is 5.47. The Morgan fingerprint density at radius 2 is 2.00 bits per heavy atom. The number of fused-ring (bicyclic) bond motifs is 1. The van der Waals surface area contributed by atoms with Crippen molar-refractivity contribution in [2.24, 2.45) is 17.8 Å². The lowest BCUT2D eigenvalue weighted by Crippen LogP contribution is -2.47. The van der Waals surface area contributed by atoms with Crippen molar-refractivity contribution >= 4 is 5.78 Å². The molecule has 4 heteroatoms. The number of carbonyl (C=O) groups excluding carboxylic acids is 1. The minimum atomic E-state index is -0.442. The van der Waals surface area contributed by atoms with Gasteiger partial charge in [-0.15, -0.1) is 0 Å². The second-order valence-corrected chi connectivity index (χ2v) is 5.47. The maximum Gasteiger partial charge on any atom is 0.167 e. The molecule has 2 saturated heterocycles. The molecule has 18 heavy (non-hydrogen) atoms. The lowest BCUT2D eigenvalue weighted by Gasteiger charge is -2.40. The number of ketones is 1. The highest BCUT2D eigenvalue weighted by atomic mass is 16.8. The molecule has 0 aliphatic carbocycles. The van der Waals surface area contributed by atoms with Crippen LogP contribution in [0.4, 0.5) is 0 Å². The number of carbonyl (C=O) groups is 1. The Kier molecular flexibility index (Phi) is 3.90. The molecule has 102 valence electrons. The summed E-state index contributed by atoms with van der Waals surface area (Å²) in [6.07, 6.45) is -0.577. The molecular weight excluding hydrogens is 232 g/mol. The van der Waals surface area contributed by atoms with Crippen LogP contribution in [-0.4, -0.2) is 31.1 Å². The Bertz CT molecular complexity index is 352. The summed E-state index contributed by atoms with van der Waals surface area (Å²) in [6, 6.07) is 0. The first-order valence-electron chi connectivity index (χ1n) is 6.54. The van der Waals surface area contributed by atoms with Crippen LogP contribution in [0.1, 0.15) is 27.7 Å². The topological polar surface area (TPSA) is 44.8 Å². The number of Topliss-reactive ketones (excluding diaryl/α,β-unsaturated/α-hetero) is 1. The third kappa shape index (κ3) is 2.37. The molecule has 2 heterocycles. The molecule has 0 aromatic rings. The van der Waals surface area contributed by atoms with Crippen molar-refractivity contribution in [3.05, 3.63) is 12.2 Å². The fraction of sp³-hybridized carbons (Fsp3) is 0.786. The van der Waals surface area contributed by atoms with Crippen molar-refractivity contribution in [2.75, 3.05) is 6.61 Å². The molecular formula is C14H22O4. The van der Waals surface area contributed by atoms with Gasteiger partial charge in [-0.25, -0.2) is 0 Å². The second kappa shape index (κ2) is 5.11. The van der Waals surface area contributed by atoms with Crippen LogP contribution in [0.15, 0.2) is 12.2 Å². The standard InChI is InChI=1S/C14H22O4/c1-7-6-16-14-12(7)11(5)17-13(18-14)9(3)8(2)10(4)15/h7,9,11-14H,2,6H2,1,3-5H3/t7-,9+,11+,12+,13-,14-/m0/s1. The summed E-state index contributed by atoms with van der Waals surface area (Å²) >= 11 is 0. The molecule has 6 atom stereocenters. The quantitative estimate of drug-likeness (QED) is 0.724. The van der Waals surface area contributed by atoms with Gasteiger partial charge in [-0.05, 0) is 25.3 Å². The van der Waals surface area contributed by atoms with Gasteiger partial charge in [-0.2, -0.15) is 0 Å². The number of hydrogen-bond acceptors (Lipinski definition) is 4. The van der Waals surface area contributed by atoms with Crippen LogP contribution in [0, 0.1) is 17.8 Å². The van der Waals surface area contributed by atoms with Gasteiger partial charge in [0.25, 0.3) is 0 Å². The van der Waals surface area contributed by atoms with E-state index in [9.17, 15) is 4.79 Å². The molecule has 2 aliphatic rings. The van der Waals surface area contributed by atoms with Crippen molar-refractivity contribution in [3.63, 3.8) is 0 Å². The average Bonchev–Trinajstić information content (AvgIpc) is 2.69. The maximum atomic E-state index is 11.3.